The van der Waals surface area contributed by atoms with E-state index in [4.69, 9.17) is 9.47 Å². The maximum Gasteiger partial charge on any atom is 0.311 e. The van der Waals surface area contributed by atoms with Gasteiger partial charge >= 0.3 is 5.97 Å². The van der Waals surface area contributed by atoms with Crippen LogP contribution < -0.4 is 14.8 Å². The van der Waals surface area contributed by atoms with Gasteiger partial charge in [0.15, 0.2) is 11.6 Å². The Balaban J connectivity index is 1.40. The van der Waals surface area contributed by atoms with Crippen molar-refractivity contribution in [1.82, 2.24) is 0 Å². The molecule has 0 saturated heterocycles. The Morgan fingerprint density at radius 1 is 1.00 bits per heavy atom. The van der Waals surface area contributed by atoms with Gasteiger partial charge in [0, 0.05) is 12.1 Å². The fourth-order valence-corrected chi connectivity index (χ4v) is 2.97. The van der Waals surface area contributed by atoms with Crippen LogP contribution in [0.3, 0.4) is 0 Å². The second-order valence-electron chi connectivity index (χ2n) is 5.81. The second-order valence-corrected chi connectivity index (χ2v) is 6.76. The van der Waals surface area contributed by atoms with Crippen molar-refractivity contribution in [2.24, 2.45) is 0 Å². The molecule has 1 heterocycles. The van der Waals surface area contributed by atoms with Crippen LogP contribution in [0.15, 0.2) is 66.0 Å². The summed E-state index contributed by atoms with van der Waals surface area (Å²) in [6, 6.07) is 16.2. The summed E-state index contributed by atoms with van der Waals surface area (Å²) in [5, 5.41) is 4.60. The van der Waals surface area contributed by atoms with Gasteiger partial charge in [-0.25, -0.2) is 4.39 Å². The van der Waals surface area contributed by atoms with Crippen LogP contribution in [-0.2, 0) is 4.79 Å². The van der Waals surface area contributed by atoms with Gasteiger partial charge in [-0.2, -0.15) is 0 Å². The average Bonchev–Trinajstić information content (AvgIpc) is 3.23. The molecule has 0 atom stereocenters. The van der Waals surface area contributed by atoms with Crippen molar-refractivity contribution in [3.05, 3.63) is 76.7 Å². The highest BCUT2D eigenvalue weighted by Gasteiger charge is 2.09. The van der Waals surface area contributed by atoms with Crippen molar-refractivity contribution in [2.45, 2.75) is 12.8 Å². The lowest BCUT2D eigenvalue weighted by molar-refractivity contribution is -0.134. The van der Waals surface area contributed by atoms with Crippen LogP contribution in [0.5, 0.6) is 11.5 Å². The van der Waals surface area contributed by atoms with Gasteiger partial charge in [-0.3, -0.25) is 9.59 Å². The zero-order chi connectivity index (χ0) is 19.8. The number of amides is 1. The van der Waals surface area contributed by atoms with E-state index in [0.717, 1.165) is 0 Å². The number of esters is 1. The van der Waals surface area contributed by atoms with E-state index in [-0.39, 0.29) is 24.7 Å². The number of rotatable bonds is 8. The van der Waals surface area contributed by atoms with E-state index < -0.39 is 11.8 Å². The molecule has 5 nitrogen and oxygen atoms in total. The van der Waals surface area contributed by atoms with E-state index in [1.165, 1.54) is 23.5 Å². The first-order chi connectivity index (χ1) is 13.6. The maximum absolute atomic E-state index is 13.4. The number of ether oxygens (including phenoxy) is 2. The summed E-state index contributed by atoms with van der Waals surface area (Å²) in [7, 11) is 0. The van der Waals surface area contributed by atoms with Gasteiger partial charge < -0.3 is 14.8 Å². The van der Waals surface area contributed by atoms with Gasteiger partial charge in [0.2, 0.25) is 0 Å². The molecule has 144 valence electrons. The minimum atomic E-state index is -0.434. The largest absolute Gasteiger partial charge is 0.491 e. The molecule has 0 aliphatic rings. The normalized spacial score (nSPS) is 10.3. The molecule has 0 spiro atoms. The standard InChI is InChI=1S/C21H18FNO4S/c22-17-5-1-2-6-18(17)26-13-3-8-20(24)27-16-11-9-15(10-12-16)23-21(25)19-7-4-14-28-19/h1-2,4-7,9-12,14H,3,8,13H2,(H,23,25). The van der Waals surface area contributed by atoms with Crippen molar-refractivity contribution < 1.29 is 23.5 Å². The van der Waals surface area contributed by atoms with E-state index in [1.54, 1.807) is 42.5 Å². The summed E-state index contributed by atoms with van der Waals surface area (Å²) in [4.78, 5) is 24.5. The molecule has 3 aromatic rings. The molecule has 0 radical (unpaired) electrons. The molecule has 1 N–H and O–H groups in total. The Hall–Kier alpha value is -3.19. The number of para-hydroxylation sites is 1. The van der Waals surface area contributed by atoms with Crippen molar-refractivity contribution in [3.63, 3.8) is 0 Å². The first-order valence-electron chi connectivity index (χ1n) is 8.65. The molecule has 3 rings (SSSR count). The zero-order valence-corrected chi connectivity index (χ0v) is 15.7. The zero-order valence-electron chi connectivity index (χ0n) is 14.9. The molecule has 0 unspecified atom stereocenters. The molecule has 7 heteroatoms. The highest BCUT2D eigenvalue weighted by atomic mass is 32.1. The van der Waals surface area contributed by atoms with Crippen LogP contribution >= 0.6 is 11.3 Å². The fraction of sp³-hybridized carbons (Fsp3) is 0.143. The molecule has 0 saturated carbocycles. The number of benzene rings is 2. The smallest absolute Gasteiger partial charge is 0.311 e. The minimum absolute atomic E-state index is 0.144. The number of hydrogen-bond donors (Lipinski definition) is 1. The number of carbonyl (C=O) groups is 2. The summed E-state index contributed by atoms with van der Waals surface area (Å²) >= 11 is 1.36. The lowest BCUT2D eigenvalue weighted by atomic mass is 10.3. The predicted molar refractivity (Wildman–Crippen MR) is 105 cm³/mol. The quantitative estimate of drug-likeness (QED) is 0.332. The first-order valence-corrected chi connectivity index (χ1v) is 9.53. The fourth-order valence-electron chi connectivity index (χ4n) is 2.35. The minimum Gasteiger partial charge on any atom is -0.491 e. The Kier molecular flexibility index (Phi) is 6.75. The molecule has 1 aromatic heterocycles. The third-order valence-electron chi connectivity index (χ3n) is 3.71. The first kappa shape index (κ1) is 19.6. The average molecular weight is 399 g/mol. The lowest BCUT2D eigenvalue weighted by Crippen LogP contribution is -2.11. The van der Waals surface area contributed by atoms with Crippen molar-refractivity contribution >= 4 is 28.9 Å². The van der Waals surface area contributed by atoms with E-state index in [1.807, 2.05) is 11.4 Å². The number of hydrogen-bond acceptors (Lipinski definition) is 5. The van der Waals surface area contributed by atoms with Crippen LogP contribution in [0.1, 0.15) is 22.5 Å². The summed E-state index contributed by atoms with van der Waals surface area (Å²) in [6.07, 6.45) is 0.549. The molecule has 0 fully saturated rings. The monoisotopic (exact) mass is 399 g/mol. The Bertz CT molecular complexity index is 926. The molecule has 1 amide bonds. The summed E-state index contributed by atoms with van der Waals surface area (Å²) in [5.41, 5.74) is 0.608. The lowest BCUT2D eigenvalue weighted by Gasteiger charge is -2.08. The molecule has 28 heavy (non-hydrogen) atoms. The highest BCUT2D eigenvalue weighted by Crippen LogP contribution is 2.19. The molecule has 0 bridgehead atoms. The van der Waals surface area contributed by atoms with Gasteiger partial charge in [-0.1, -0.05) is 18.2 Å². The van der Waals surface area contributed by atoms with Gasteiger partial charge in [-0.05, 0) is 54.3 Å². The maximum atomic E-state index is 13.4. The number of nitrogens with one attached hydrogen (secondary N) is 1. The highest BCUT2D eigenvalue weighted by molar-refractivity contribution is 7.12. The van der Waals surface area contributed by atoms with Crippen molar-refractivity contribution in [1.29, 1.82) is 0 Å². The summed E-state index contributed by atoms with van der Waals surface area (Å²) < 4.78 is 24.0. The molecule has 2 aromatic carbocycles. The summed E-state index contributed by atoms with van der Waals surface area (Å²) in [6.45, 7) is 0.212. The Morgan fingerprint density at radius 2 is 1.79 bits per heavy atom. The third-order valence-corrected chi connectivity index (χ3v) is 4.58. The number of anilines is 1. The van der Waals surface area contributed by atoms with Gasteiger partial charge in [-0.15, -0.1) is 11.3 Å². The molecular formula is C21H18FNO4S. The SMILES string of the molecule is O=C(CCCOc1ccccc1F)Oc1ccc(NC(=O)c2cccs2)cc1. The van der Waals surface area contributed by atoms with Crippen LogP contribution in [-0.4, -0.2) is 18.5 Å². The Morgan fingerprint density at radius 3 is 2.50 bits per heavy atom. The number of halogens is 1. The van der Waals surface area contributed by atoms with E-state index in [2.05, 4.69) is 5.32 Å². The number of thiophene rings is 1. The van der Waals surface area contributed by atoms with Crippen molar-refractivity contribution in [3.8, 4) is 11.5 Å². The topological polar surface area (TPSA) is 64.6 Å². The number of carbonyl (C=O) groups excluding carboxylic acids is 2. The van der Waals surface area contributed by atoms with Crippen LogP contribution in [0.4, 0.5) is 10.1 Å². The van der Waals surface area contributed by atoms with E-state index in [0.29, 0.717) is 22.7 Å². The Labute approximate surface area is 165 Å². The van der Waals surface area contributed by atoms with E-state index in [9.17, 15) is 14.0 Å². The predicted octanol–water partition coefficient (Wildman–Crippen LogP) is 4.90. The van der Waals surface area contributed by atoms with E-state index >= 15 is 0 Å². The van der Waals surface area contributed by atoms with Gasteiger partial charge in [0.1, 0.15) is 5.75 Å². The van der Waals surface area contributed by atoms with Crippen LogP contribution in [0.2, 0.25) is 0 Å². The van der Waals surface area contributed by atoms with Gasteiger partial charge in [0.25, 0.3) is 5.91 Å². The van der Waals surface area contributed by atoms with Crippen molar-refractivity contribution in [2.75, 3.05) is 11.9 Å². The third kappa shape index (κ3) is 5.65. The van der Waals surface area contributed by atoms with Crippen LogP contribution in [0.25, 0.3) is 0 Å². The van der Waals surface area contributed by atoms with Gasteiger partial charge in [0.05, 0.1) is 11.5 Å². The second kappa shape index (κ2) is 9.66. The molecule has 0 aliphatic carbocycles. The summed E-state index contributed by atoms with van der Waals surface area (Å²) in [5.74, 6) is -0.483. The molecule has 0 aliphatic heterocycles. The van der Waals surface area contributed by atoms with Crippen LogP contribution in [0, 0.1) is 5.82 Å². The molecular weight excluding hydrogens is 381 g/mol.